The summed E-state index contributed by atoms with van der Waals surface area (Å²) in [6.07, 6.45) is -2.02. The van der Waals surface area contributed by atoms with E-state index in [2.05, 4.69) is 15.4 Å². The van der Waals surface area contributed by atoms with Crippen molar-refractivity contribution >= 4 is 29.1 Å². The van der Waals surface area contributed by atoms with E-state index in [0.29, 0.717) is 27.4 Å². The quantitative estimate of drug-likeness (QED) is 0.371. The lowest BCUT2D eigenvalue weighted by Gasteiger charge is -2.15. The number of nitrogens with zero attached hydrogens (tertiary/aromatic N) is 3. The van der Waals surface area contributed by atoms with Crippen LogP contribution in [0.5, 0.6) is 0 Å². The van der Waals surface area contributed by atoms with Crippen LogP contribution in [-0.4, -0.2) is 37.6 Å². The summed E-state index contributed by atoms with van der Waals surface area (Å²) in [5.74, 6) is -1.64. The van der Waals surface area contributed by atoms with Crippen LogP contribution >= 0.6 is 11.6 Å². The van der Waals surface area contributed by atoms with Gasteiger partial charge in [-0.15, -0.1) is 0 Å². The maximum Gasteiger partial charge on any atom is 0.416 e. The predicted octanol–water partition coefficient (Wildman–Crippen LogP) is 5.33. The number of benzene rings is 2. The number of aliphatic carboxylic acids is 1. The normalized spacial score (nSPS) is 12.5. The Kier molecular flexibility index (Phi) is 6.49. The SMILES string of the molecule is CC(CC(=O)O)NC(=O)c1cnn2c(-c3ccc(C(F)(F)F)cc3)c(-c3ccccc3Cl)cnc12. The van der Waals surface area contributed by atoms with Crippen molar-refractivity contribution in [1.82, 2.24) is 19.9 Å². The number of amides is 1. The molecule has 0 spiro atoms. The Hall–Kier alpha value is -3.92. The second kappa shape index (κ2) is 9.38. The second-order valence-corrected chi connectivity index (χ2v) is 8.25. The highest BCUT2D eigenvalue weighted by Gasteiger charge is 2.30. The van der Waals surface area contributed by atoms with E-state index in [0.717, 1.165) is 12.1 Å². The summed E-state index contributed by atoms with van der Waals surface area (Å²) in [6, 6.07) is 10.8. The first-order valence-corrected chi connectivity index (χ1v) is 10.8. The highest BCUT2D eigenvalue weighted by atomic mass is 35.5. The van der Waals surface area contributed by atoms with E-state index in [-0.39, 0.29) is 17.6 Å². The van der Waals surface area contributed by atoms with Crippen molar-refractivity contribution in [2.75, 3.05) is 0 Å². The standard InChI is InChI=1S/C24H18ClF3N4O3/c1-13(10-20(33)34)31-23(35)18-12-30-32-21(14-6-8-15(9-7-14)24(26,27)28)17(11-29-22(18)32)16-4-2-3-5-19(16)25/h2-9,11-13H,10H2,1H3,(H,31,35)(H,33,34). The number of alkyl halides is 3. The van der Waals surface area contributed by atoms with Gasteiger partial charge in [0.15, 0.2) is 5.65 Å². The first-order chi connectivity index (χ1) is 16.6. The maximum atomic E-state index is 13.1. The summed E-state index contributed by atoms with van der Waals surface area (Å²) in [6.45, 7) is 1.55. The van der Waals surface area contributed by atoms with Crippen LogP contribution in [-0.2, 0) is 11.0 Å². The van der Waals surface area contributed by atoms with Gasteiger partial charge >= 0.3 is 12.1 Å². The molecule has 0 aliphatic carbocycles. The number of halogens is 4. The third-order valence-corrected chi connectivity index (χ3v) is 5.61. The molecule has 1 atom stereocenters. The van der Waals surface area contributed by atoms with Gasteiger partial charge in [-0.2, -0.15) is 18.3 Å². The molecular weight excluding hydrogens is 485 g/mol. The highest BCUT2D eigenvalue weighted by Crippen LogP contribution is 2.37. The molecule has 0 bridgehead atoms. The minimum atomic E-state index is -4.50. The predicted molar refractivity (Wildman–Crippen MR) is 123 cm³/mol. The molecule has 0 aliphatic heterocycles. The van der Waals surface area contributed by atoms with Crippen LogP contribution in [0.15, 0.2) is 60.9 Å². The summed E-state index contributed by atoms with van der Waals surface area (Å²) in [4.78, 5) is 28.1. The van der Waals surface area contributed by atoms with Crippen molar-refractivity contribution < 1.29 is 27.9 Å². The van der Waals surface area contributed by atoms with Crippen molar-refractivity contribution in [3.8, 4) is 22.4 Å². The van der Waals surface area contributed by atoms with Gasteiger partial charge in [-0.1, -0.05) is 41.9 Å². The Morgan fingerprint density at radius 2 is 1.77 bits per heavy atom. The Morgan fingerprint density at radius 1 is 1.09 bits per heavy atom. The van der Waals surface area contributed by atoms with E-state index in [1.807, 2.05) is 0 Å². The molecule has 35 heavy (non-hydrogen) atoms. The third-order valence-electron chi connectivity index (χ3n) is 5.28. The molecule has 0 fully saturated rings. The number of hydrogen-bond acceptors (Lipinski definition) is 4. The highest BCUT2D eigenvalue weighted by molar-refractivity contribution is 6.33. The fourth-order valence-electron chi connectivity index (χ4n) is 3.68. The van der Waals surface area contributed by atoms with Crippen molar-refractivity contribution in [2.45, 2.75) is 25.6 Å². The van der Waals surface area contributed by atoms with Crippen molar-refractivity contribution in [3.63, 3.8) is 0 Å². The van der Waals surface area contributed by atoms with E-state index in [9.17, 15) is 22.8 Å². The zero-order chi connectivity index (χ0) is 25.3. The number of rotatable bonds is 6. The third kappa shape index (κ3) is 4.97. The van der Waals surface area contributed by atoms with Crippen LogP contribution in [0.25, 0.3) is 28.0 Å². The molecule has 2 heterocycles. The molecule has 11 heteroatoms. The zero-order valence-corrected chi connectivity index (χ0v) is 18.9. The Balaban J connectivity index is 1.87. The lowest BCUT2D eigenvalue weighted by Crippen LogP contribution is -2.34. The molecule has 2 N–H and O–H groups in total. The summed E-state index contributed by atoms with van der Waals surface area (Å²) >= 11 is 6.39. The Bertz CT molecular complexity index is 1420. The lowest BCUT2D eigenvalue weighted by molar-refractivity contribution is -0.138. The molecule has 1 unspecified atom stereocenters. The van der Waals surface area contributed by atoms with Gasteiger partial charge in [0.05, 0.1) is 23.9 Å². The molecule has 180 valence electrons. The fourth-order valence-corrected chi connectivity index (χ4v) is 3.91. The molecule has 0 radical (unpaired) electrons. The number of aromatic nitrogens is 3. The van der Waals surface area contributed by atoms with E-state index < -0.39 is 29.7 Å². The Morgan fingerprint density at radius 3 is 2.40 bits per heavy atom. The summed E-state index contributed by atoms with van der Waals surface area (Å²) in [5, 5.41) is 16.2. The first kappa shape index (κ1) is 24.2. The van der Waals surface area contributed by atoms with Crippen molar-refractivity contribution in [1.29, 1.82) is 0 Å². The Labute approximate surface area is 202 Å². The zero-order valence-electron chi connectivity index (χ0n) is 18.2. The number of fused-ring (bicyclic) bond motifs is 1. The summed E-state index contributed by atoms with van der Waals surface area (Å²) in [7, 11) is 0. The number of hydrogen-bond donors (Lipinski definition) is 2. The van der Waals surface area contributed by atoms with Gasteiger partial charge in [0.25, 0.3) is 5.91 Å². The minimum absolute atomic E-state index is 0.0844. The number of carboxylic acid groups (broad SMARTS) is 1. The fraction of sp³-hybridized carbons (Fsp3) is 0.167. The van der Waals surface area contributed by atoms with Crippen molar-refractivity contribution in [2.24, 2.45) is 0 Å². The van der Waals surface area contributed by atoms with Gasteiger partial charge in [0.2, 0.25) is 0 Å². The van der Waals surface area contributed by atoms with Crippen LogP contribution in [0.1, 0.15) is 29.3 Å². The molecule has 0 saturated carbocycles. The molecule has 4 aromatic rings. The van der Waals surface area contributed by atoms with E-state index in [4.69, 9.17) is 16.7 Å². The monoisotopic (exact) mass is 502 g/mol. The van der Waals surface area contributed by atoms with Crippen LogP contribution < -0.4 is 5.32 Å². The van der Waals surface area contributed by atoms with Gasteiger partial charge in [-0.3, -0.25) is 9.59 Å². The molecule has 7 nitrogen and oxygen atoms in total. The molecule has 0 saturated heterocycles. The number of carbonyl (C=O) groups excluding carboxylic acids is 1. The molecule has 1 amide bonds. The van der Waals surface area contributed by atoms with Crippen LogP contribution in [0.3, 0.4) is 0 Å². The van der Waals surface area contributed by atoms with E-state index >= 15 is 0 Å². The van der Waals surface area contributed by atoms with Gasteiger partial charge in [0.1, 0.15) is 5.56 Å². The molecule has 2 aromatic carbocycles. The van der Waals surface area contributed by atoms with Crippen LogP contribution in [0, 0.1) is 0 Å². The molecular formula is C24H18ClF3N4O3. The average Bonchev–Trinajstić information content (AvgIpc) is 3.22. The topological polar surface area (TPSA) is 96.6 Å². The lowest BCUT2D eigenvalue weighted by atomic mass is 9.99. The molecule has 2 aromatic heterocycles. The van der Waals surface area contributed by atoms with Gasteiger partial charge < -0.3 is 10.4 Å². The van der Waals surface area contributed by atoms with E-state index in [1.54, 1.807) is 31.2 Å². The molecule has 4 rings (SSSR count). The van der Waals surface area contributed by atoms with Gasteiger partial charge in [-0.25, -0.2) is 9.50 Å². The van der Waals surface area contributed by atoms with Crippen LogP contribution in [0.4, 0.5) is 13.2 Å². The first-order valence-electron chi connectivity index (χ1n) is 10.4. The van der Waals surface area contributed by atoms with Crippen LogP contribution in [0.2, 0.25) is 5.02 Å². The largest absolute Gasteiger partial charge is 0.481 e. The smallest absolute Gasteiger partial charge is 0.416 e. The average molecular weight is 503 g/mol. The summed E-state index contributed by atoms with van der Waals surface area (Å²) < 4.78 is 40.7. The van der Waals surface area contributed by atoms with Gasteiger partial charge in [0, 0.05) is 34.0 Å². The number of carbonyl (C=O) groups is 2. The summed E-state index contributed by atoms with van der Waals surface area (Å²) in [5.41, 5.74) is 1.28. The molecule has 0 aliphatic rings. The minimum Gasteiger partial charge on any atom is -0.481 e. The van der Waals surface area contributed by atoms with Crippen molar-refractivity contribution in [3.05, 3.63) is 77.1 Å². The van der Waals surface area contributed by atoms with Gasteiger partial charge in [-0.05, 0) is 25.1 Å². The van der Waals surface area contributed by atoms with E-state index in [1.165, 1.54) is 29.0 Å². The second-order valence-electron chi connectivity index (χ2n) is 7.84. The number of carboxylic acids is 1. The number of nitrogens with one attached hydrogen (secondary N) is 1. The maximum absolute atomic E-state index is 13.1.